The van der Waals surface area contributed by atoms with Gasteiger partial charge in [-0.05, 0) is 30.5 Å². The fraction of sp³-hybridized carbons (Fsp3) is 0.611. The highest BCUT2D eigenvalue weighted by Crippen LogP contribution is 2.18. The third-order valence-electron chi connectivity index (χ3n) is 4.81. The maximum absolute atomic E-state index is 10.4. The lowest BCUT2D eigenvalue weighted by molar-refractivity contribution is 0.0217. The molecule has 2 saturated heterocycles. The molecule has 0 saturated carbocycles. The Kier molecular flexibility index (Phi) is 5.63. The van der Waals surface area contributed by atoms with Crippen LogP contribution < -0.4 is 0 Å². The van der Waals surface area contributed by atoms with Gasteiger partial charge in [0.15, 0.2) is 0 Å². The van der Waals surface area contributed by atoms with Crippen molar-refractivity contribution in [1.29, 1.82) is 5.26 Å². The minimum absolute atomic E-state index is 0.307. The number of ether oxygens (including phenoxy) is 1. The molecule has 5 heteroatoms. The monoisotopic (exact) mass is 315 g/mol. The van der Waals surface area contributed by atoms with E-state index in [1.54, 1.807) is 0 Å². The van der Waals surface area contributed by atoms with Crippen molar-refractivity contribution in [2.45, 2.75) is 31.5 Å². The maximum atomic E-state index is 10.4. The number of benzene rings is 1. The first kappa shape index (κ1) is 16.4. The van der Waals surface area contributed by atoms with Crippen LogP contribution in [0, 0.1) is 11.3 Å². The summed E-state index contributed by atoms with van der Waals surface area (Å²) in [6.07, 6.45) is 1.84. The summed E-state index contributed by atoms with van der Waals surface area (Å²) in [7, 11) is 0. The Morgan fingerprint density at radius 3 is 2.57 bits per heavy atom. The standard InChI is InChI=1S/C18H25N3O2/c19-11-15-1-3-16(4-2-15)12-20-7-8-21(14-18(22)13-20)17-5-9-23-10-6-17/h1-4,17-18,22H,5-10,12-14H2. The van der Waals surface area contributed by atoms with Crippen molar-refractivity contribution in [1.82, 2.24) is 9.80 Å². The number of hydrogen-bond donors (Lipinski definition) is 1. The smallest absolute Gasteiger partial charge is 0.0991 e. The summed E-state index contributed by atoms with van der Waals surface area (Å²) in [5.41, 5.74) is 1.88. The first-order chi connectivity index (χ1) is 11.2. The second-order valence-corrected chi connectivity index (χ2v) is 6.54. The molecule has 2 heterocycles. The first-order valence-corrected chi connectivity index (χ1v) is 8.46. The lowest BCUT2D eigenvalue weighted by Crippen LogP contribution is -2.43. The van der Waals surface area contributed by atoms with Crippen LogP contribution in [-0.4, -0.2) is 66.4 Å². The molecule has 5 nitrogen and oxygen atoms in total. The van der Waals surface area contributed by atoms with E-state index in [4.69, 9.17) is 10.00 Å². The molecule has 0 amide bonds. The van der Waals surface area contributed by atoms with E-state index in [9.17, 15) is 5.11 Å². The van der Waals surface area contributed by atoms with Crippen molar-refractivity contribution in [3.8, 4) is 6.07 Å². The number of nitrogens with zero attached hydrogens (tertiary/aromatic N) is 3. The largest absolute Gasteiger partial charge is 0.390 e. The zero-order valence-electron chi connectivity index (χ0n) is 13.5. The maximum Gasteiger partial charge on any atom is 0.0991 e. The Bertz CT molecular complexity index is 534. The number of hydrogen-bond acceptors (Lipinski definition) is 5. The predicted molar refractivity (Wildman–Crippen MR) is 87.9 cm³/mol. The van der Waals surface area contributed by atoms with Crippen molar-refractivity contribution in [2.24, 2.45) is 0 Å². The van der Waals surface area contributed by atoms with E-state index in [-0.39, 0.29) is 6.10 Å². The SMILES string of the molecule is N#Cc1ccc(CN2CCN(C3CCOCC3)CC(O)C2)cc1. The molecule has 0 radical (unpaired) electrons. The fourth-order valence-corrected chi connectivity index (χ4v) is 3.55. The lowest BCUT2D eigenvalue weighted by Gasteiger charge is -2.33. The Balaban J connectivity index is 1.58. The molecule has 1 aromatic carbocycles. The van der Waals surface area contributed by atoms with E-state index in [0.29, 0.717) is 18.2 Å². The second-order valence-electron chi connectivity index (χ2n) is 6.54. The van der Waals surface area contributed by atoms with Crippen LogP contribution in [0.25, 0.3) is 0 Å². The molecule has 2 aliphatic heterocycles. The second kappa shape index (κ2) is 7.89. The van der Waals surface area contributed by atoms with Gasteiger partial charge in [-0.3, -0.25) is 9.80 Å². The minimum atomic E-state index is -0.307. The number of β-amino-alcohol motifs (C(OH)–C–C–N with tert-alkyl or cyclic N) is 1. The molecular formula is C18H25N3O2. The molecule has 0 aliphatic carbocycles. The Morgan fingerprint density at radius 2 is 1.87 bits per heavy atom. The highest BCUT2D eigenvalue weighted by Gasteiger charge is 2.27. The number of aliphatic hydroxyl groups is 1. The summed E-state index contributed by atoms with van der Waals surface area (Å²) < 4.78 is 5.45. The van der Waals surface area contributed by atoms with Gasteiger partial charge in [0.2, 0.25) is 0 Å². The molecule has 2 aliphatic rings. The Labute approximate surface area is 138 Å². The Hall–Kier alpha value is -1.45. The van der Waals surface area contributed by atoms with Gasteiger partial charge in [0.25, 0.3) is 0 Å². The summed E-state index contributed by atoms with van der Waals surface area (Å²) in [6, 6.07) is 10.4. The molecule has 1 unspecified atom stereocenters. The molecule has 124 valence electrons. The van der Waals surface area contributed by atoms with Crippen LogP contribution in [-0.2, 0) is 11.3 Å². The van der Waals surface area contributed by atoms with Gasteiger partial charge in [-0.1, -0.05) is 12.1 Å². The van der Waals surface area contributed by atoms with Crippen LogP contribution in [0.1, 0.15) is 24.0 Å². The van der Waals surface area contributed by atoms with Gasteiger partial charge in [-0.15, -0.1) is 0 Å². The lowest BCUT2D eigenvalue weighted by atomic mass is 10.1. The predicted octanol–water partition coefficient (Wildman–Crippen LogP) is 1.22. The third kappa shape index (κ3) is 4.52. The number of nitriles is 1. The van der Waals surface area contributed by atoms with E-state index in [2.05, 4.69) is 15.9 Å². The van der Waals surface area contributed by atoms with Gasteiger partial charge >= 0.3 is 0 Å². The molecule has 1 aromatic rings. The molecule has 1 N–H and O–H groups in total. The minimum Gasteiger partial charge on any atom is -0.390 e. The Morgan fingerprint density at radius 1 is 1.13 bits per heavy atom. The van der Waals surface area contributed by atoms with E-state index < -0.39 is 0 Å². The van der Waals surface area contributed by atoms with Crippen LogP contribution in [0.5, 0.6) is 0 Å². The zero-order chi connectivity index (χ0) is 16.1. The van der Waals surface area contributed by atoms with Crippen LogP contribution >= 0.6 is 0 Å². The quantitative estimate of drug-likeness (QED) is 0.909. The normalized spacial score (nSPS) is 25.0. The topological polar surface area (TPSA) is 59.7 Å². The van der Waals surface area contributed by atoms with Crippen LogP contribution in [0.4, 0.5) is 0 Å². The van der Waals surface area contributed by atoms with Crippen LogP contribution in [0.3, 0.4) is 0 Å². The molecule has 1 atom stereocenters. The van der Waals surface area contributed by atoms with Gasteiger partial charge in [0, 0.05) is 52.0 Å². The van der Waals surface area contributed by atoms with Crippen molar-refractivity contribution in [3.63, 3.8) is 0 Å². The van der Waals surface area contributed by atoms with Gasteiger partial charge in [-0.25, -0.2) is 0 Å². The molecule has 0 spiro atoms. The average molecular weight is 315 g/mol. The average Bonchev–Trinajstić information content (AvgIpc) is 2.77. The van der Waals surface area contributed by atoms with Gasteiger partial charge < -0.3 is 9.84 Å². The highest BCUT2D eigenvalue weighted by atomic mass is 16.5. The fourth-order valence-electron chi connectivity index (χ4n) is 3.55. The van der Waals surface area contributed by atoms with Gasteiger partial charge in [0.1, 0.15) is 0 Å². The van der Waals surface area contributed by atoms with E-state index in [1.807, 2.05) is 24.3 Å². The van der Waals surface area contributed by atoms with E-state index in [1.165, 1.54) is 5.56 Å². The van der Waals surface area contributed by atoms with Crippen molar-refractivity contribution < 1.29 is 9.84 Å². The number of rotatable bonds is 3. The van der Waals surface area contributed by atoms with Crippen LogP contribution in [0.15, 0.2) is 24.3 Å². The van der Waals surface area contributed by atoms with Gasteiger partial charge in [0.05, 0.1) is 17.7 Å². The summed E-state index contributed by atoms with van der Waals surface area (Å²) in [4.78, 5) is 4.75. The molecule has 2 fully saturated rings. The zero-order valence-corrected chi connectivity index (χ0v) is 13.5. The number of aliphatic hydroxyl groups excluding tert-OH is 1. The van der Waals surface area contributed by atoms with Crippen molar-refractivity contribution in [3.05, 3.63) is 35.4 Å². The molecule has 3 rings (SSSR count). The molecule has 23 heavy (non-hydrogen) atoms. The third-order valence-corrected chi connectivity index (χ3v) is 4.81. The first-order valence-electron chi connectivity index (χ1n) is 8.46. The van der Waals surface area contributed by atoms with Crippen molar-refractivity contribution in [2.75, 3.05) is 39.4 Å². The summed E-state index contributed by atoms with van der Waals surface area (Å²) in [5.74, 6) is 0. The van der Waals surface area contributed by atoms with Crippen LogP contribution in [0.2, 0.25) is 0 Å². The van der Waals surface area contributed by atoms with Gasteiger partial charge in [-0.2, -0.15) is 5.26 Å². The summed E-state index contributed by atoms with van der Waals surface area (Å²) in [6.45, 7) is 5.93. The highest BCUT2D eigenvalue weighted by molar-refractivity contribution is 5.31. The van der Waals surface area contributed by atoms with Crippen molar-refractivity contribution >= 4 is 0 Å². The molecular weight excluding hydrogens is 290 g/mol. The van der Waals surface area contributed by atoms with E-state index in [0.717, 1.165) is 52.2 Å². The summed E-state index contributed by atoms with van der Waals surface area (Å²) in [5, 5.41) is 19.2. The summed E-state index contributed by atoms with van der Waals surface area (Å²) >= 11 is 0. The van der Waals surface area contributed by atoms with E-state index >= 15 is 0 Å². The molecule has 0 bridgehead atoms. The molecule has 0 aromatic heterocycles.